The number of aryl methyl sites for hydroxylation is 1. The highest BCUT2D eigenvalue weighted by molar-refractivity contribution is 7.09. The fourth-order valence-corrected chi connectivity index (χ4v) is 4.39. The summed E-state index contributed by atoms with van der Waals surface area (Å²) in [6.45, 7) is 14.2. The number of nitrogens with zero attached hydrogens (tertiary/aromatic N) is 1. The molecule has 2 unspecified atom stereocenters. The topological polar surface area (TPSA) is 34.2 Å². The zero-order valence-corrected chi connectivity index (χ0v) is 14.4. The van der Waals surface area contributed by atoms with Crippen molar-refractivity contribution in [3.8, 4) is 0 Å². The highest BCUT2D eigenvalue weighted by Gasteiger charge is 2.49. The molecule has 2 heterocycles. The lowest BCUT2D eigenvalue weighted by Crippen LogP contribution is -2.38. The van der Waals surface area contributed by atoms with Crippen LogP contribution < -0.4 is 5.32 Å². The summed E-state index contributed by atoms with van der Waals surface area (Å²) in [5.74, 6) is 0.475. The van der Waals surface area contributed by atoms with E-state index in [0.29, 0.717) is 12.0 Å². The maximum Gasteiger partial charge on any atom is 0.0798 e. The molecule has 114 valence electrons. The largest absolute Gasteiger partial charge is 0.369 e. The molecule has 0 aliphatic carbocycles. The Hall–Kier alpha value is -0.450. The number of nitrogens with one attached hydrogen (secondary N) is 1. The molecule has 1 fully saturated rings. The number of hydrogen-bond acceptors (Lipinski definition) is 4. The molecule has 0 bridgehead atoms. The van der Waals surface area contributed by atoms with E-state index in [0.717, 1.165) is 25.1 Å². The number of aromatic nitrogens is 1. The van der Waals surface area contributed by atoms with Gasteiger partial charge in [-0.25, -0.2) is 4.98 Å². The Kier molecular flexibility index (Phi) is 4.57. The summed E-state index contributed by atoms with van der Waals surface area (Å²) < 4.78 is 6.29. The zero-order valence-electron chi connectivity index (χ0n) is 13.6. The van der Waals surface area contributed by atoms with Crippen molar-refractivity contribution >= 4 is 11.3 Å². The summed E-state index contributed by atoms with van der Waals surface area (Å²) in [5, 5.41) is 3.74. The van der Waals surface area contributed by atoms with Gasteiger partial charge in [-0.2, -0.15) is 0 Å². The van der Waals surface area contributed by atoms with Crippen LogP contribution in [0.1, 0.15) is 64.1 Å². The summed E-state index contributed by atoms with van der Waals surface area (Å²) in [5.41, 5.74) is 2.97. The maximum atomic E-state index is 6.29. The van der Waals surface area contributed by atoms with Gasteiger partial charge in [-0.15, -0.1) is 11.3 Å². The van der Waals surface area contributed by atoms with Gasteiger partial charge in [-0.1, -0.05) is 6.92 Å². The third-order valence-corrected chi connectivity index (χ3v) is 5.24. The van der Waals surface area contributed by atoms with Gasteiger partial charge in [0.2, 0.25) is 0 Å². The van der Waals surface area contributed by atoms with Crippen LogP contribution in [0.5, 0.6) is 0 Å². The SMILES string of the molecule is CCCNC(c1scnc1C)C1CC(C)(C)OC1(C)C. The number of hydrogen-bond donors (Lipinski definition) is 1. The quantitative estimate of drug-likeness (QED) is 0.889. The molecule has 0 radical (unpaired) electrons. The summed E-state index contributed by atoms with van der Waals surface area (Å²) in [4.78, 5) is 5.81. The van der Waals surface area contributed by atoms with Gasteiger partial charge in [0.05, 0.1) is 22.4 Å². The lowest BCUT2D eigenvalue weighted by Gasteiger charge is -2.33. The monoisotopic (exact) mass is 296 g/mol. The smallest absolute Gasteiger partial charge is 0.0798 e. The predicted molar refractivity (Wildman–Crippen MR) is 85.2 cm³/mol. The average molecular weight is 296 g/mol. The standard InChI is InChI=1S/C16H28N2OS/c1-7-8-17-13(14-11(2)18-10-20-14)12-9-15(3,4)19-16(12,5)6/h10,12-13,17H,7-9H2,1-6H3. The third kappa shape index (κ3) is 3.23. The normalized spacial score (nSPS) is 25.8. The Morgan fingerprint density at radius 2 is 2.15 bits per heavy atom. The van der Waals surface area contributed by atoms with E-state index in [1.807, 2.05) is 5.51 Å². The van der Waals surface area contributed by atoms with Gasteiger partial charge < -0.3 is 10.1 Å². The van der Waals surface area contributed by atoms with Crippen LogP contribution in [0.2, 0.25) is 0 Å². The Balaban J connectivity index is 2.30. The summed E-state index contributed by atoms with van der Waals surface area (Å²) in [6.07, 6.45) is 2.23. The molecule has 1 saturated heterocycles. The first-order valence-electron chi connectivity index (χ1n) is 7.60. The third-order valence-electron chi connectivity index (χ3n) is 4.23. The van der Waals surface area contributed by atoms with E-state index in [9.17, 15) is 0 Å². The van der Waals surface area contributed by atoms with E-state index in [2.05, 4.69) is 51.8 Å². The molecule has 3 nitrogen and oxygen atoms in total. The van der Waals surface area contributed by atoms with E-state index >= 15 is 0 Å². The molecule has 1 aromatic rings. The van der Waals surface area contributed by atoms with Gasteiger partial charge in [0.25, 0.3) is 0 Å². The van der Waals surface area contributed by atoms with E-state index < -0.39 is 0 Å². The fraction of sp³-hybridized carbons (Fsp3) is 0.812. The van der Waals surface area contributed by atoms with Gasteiger partial charge in [0.1, 0.15) is 0 Å². The summed E-state index contributed by atoms with van der Waals surface area (Å²) in [7, 11) is 0. The molecule has 2 rings (SSSR count). The molecular weight excluding hydrogens is 268 g/mol. The van der Waals surface area contributed by atoms with Crippen LogP contribution in [0.15, 0.2) is 5.51 Å². The van der Waals surface area contributed by atoms with Crippen molar-refractivity contribution in [2.45, 2.75) is 71.6 Å². The summed E-state index contributed by atoms with van der Waals surface area (Å²) in [6, 6.07) is 0.347. The molecule has 20 heavy (non-hydrogen) atoms. The van der Waals surface area contributed by atoms with Crippen molar-refractivity contribution in [3.05, 3.63) is 16.1 Å². The Labute approximate surface area is 127 Å². The molecule has 0 aromatic carbocycles. The van der Waals surface area contributed by atoms with Crippen molar-refractivity contribution in [2.24, 2.45) is 5.92 Å². The van der Waals surface area contributed by atoms with E-state index in [1.165, 1.54) is 4.88 Å². The number of ether oxygens (including phenoxy) is 1. The lowest BCUT2D eigenvalue weighted by molar-refractivity contribution is -0.0777. The van der Waals surface area contributed by atoms with Crippen molar-refractivity contribution < 1.29 is 4.74 Å². The van der Waals surface area contributed by atoms with Gasteiger partial charge in [0, 0.05) is 16.8 Å². The Morgan fingerprint density at radius 3 is 2.60 bits per heavy atom. The molecule has 0 amide bonds. The second kappa shape index (κ2) is 5.74. The second-order valence-corrected chi connectivity index (χ2v) is 7.90. The summed E-state index contributed by atoms with van der Waals surface area (Å²) >= 11 is 1.77. The minimum absolute atomic E-state index is 0.0428. The maximum absolute atomic E-state index is 6.29. The predicted octanol–water partition coefficient (Wildman–Crippen LogP) is 4.09. The molecule has 2 atom stereocenters. The first-order valence-corrected chi connectivity index (χ1v) is 8.48. The number of thiazole rings is 1. The van der Waals surface area contributed by atoms with Gasteiger partial charge in [-0.05, 0) is 54.0 Å². The molecule has 0 spiro atoms. The second-order valence-electron chi connectivity index (χ2n) is 7.01. The first kappa shape index (κ1) is 15.9. The van der Waals surface area contributed by atoms with Crippen LogP contribution in [-0.4, -0.2) is 22.7 Å². The average Bonchev–Trinajstić information content (AvgIpc) is 2.81. The van der Waals surface area contributed by atoms with Gasteiger partial charge >= 0.3 is 0 Å². The van der Waals surface area contributed by atoms with Crippen LogP contribution in [-0.2, 0) is 4.74 Å². The first-order chi connectivity index (χ1) is 9.27. The Bertz CT molecular complexity index is 453. The van der Waals surface area contributed by atoms with Crippen LogP contribution in [0, 0.1) is 12.8 Å². The van der Waals surface area contributed by atoms with E-state index in [1.54, 1.807) is 11.3 Å². The van der Waals surface area contributed by atoms with Crippen molar-refractivity contribution in [1.29, 1.82) is 0 Å². The molecule has 1 aliphatic heterocycles. The van der Waals surface area contributed by atoms with Crippen molar-refractivity contribution in [3.63, 3.8) is 0 Å². The van der Waals surface area contributed by atoms with Crippen LogP contribution in [0.4, 0.5) is 0 Å². The van der Waals surface area contributed by atoms with Crippen LogP contribution in [0.25, 0.3) is 0 Å². The zero-order chi connectivity index (χ0) is 15.0. The molecule has 1 aliphatic rings. The highest BCUT2D eigenvalue weighted by Crippen LogP contribution is 2.48. The van der Waals surface area contributed by atoms with Gasteiger partial charge in [0.15, 0.2) is 0 Å². The van der Waals surface area contributed by atoms with Crippen LogP contribution in [0.3, 0.4) is 0 Å². The van der Waals surface area contributed by atoms with Crippen molar-refractivity contribution in [2.75, 3.05) is 6.54 Å². The molecular formula is C16H28N2OS. The van der Waals surface area contributed by atoms with E-state index in [-0.39, 0.29) is 11.2 Å². The molecule has 1 N–H and O–H groups in total. The number of rotatable bonds is 5. The van der Waals surface area contributed by atoms with Crippen LogP contribution >= 0.6 is 11.3 Å². The highest BCUT2D eigenvalue weighted by atomic mass is 32.1. The molecule has 1 aromatic heterocycles. The Morgan fingerprint density at radius 1 is 1.45 bits per heavy atom. The fourth-order valence-electron chi connectivity index (χ4n) is 3.45. The van der Waals surface area contributed by atoms with Gasteiger partial charge in [-0.3, -0.25) is 0 Å². The minimum atomic E-state index is -0.106. The lowest BCUT2D eigenvalue weighted by atomic mass is 9.80. The van der Waals surface area contributed by atoms with Crippen molar-refractivity contribution in [1.82, 2.24) is 10.3 Å². The molecule has 0 saturated carbocycles. The molecule has 4 heteroatoms. The minimum Gasteiger partial charge on any atom is -0.369 e. The van der Waals surface area contributed by atoms with E-state index in [4.69, 9.17) is 4.74 Å².